The molecule has 5 nitrogen and oxygen atoms in total. The number of nitrogens with one attached hydrogen (secondary N) is 1. The summed E-state index contributed by atoms with van der Waals surface area (Å²) in [6.07, 6.45) is 1.18. The van der Waals surface area contributed by atoms with Gasteiger partial charge in [-0.05, 0) is 32.8 Å². The molecule has 0 aliphatic carbocycles. The lowest BCUT2D eigenvalue weighted by Crippen LogP contribution is -2.44. The average molecular weight is 246 g/mol. The molecule has 1 aromatic heterocycles. The monoisotopic (exact) mass is 246 g/mol. The van der Waals surface area contributed by atoms with Gasteiger partial charge in [-0.25, -0.2) is 0 Å². The van der Waals surface area contributed by atoms with E-state index >= 15 is 0 Å². The lowest BCUT2D eigenvalue weighted by Gasteiger charge is -2.21. The van der Waals surface area contributed by atoms with Gasteiger partial charge in [-0.3, -0.25) is 4.79 Å². The lowest BCUT2D eigenvalue weighted by atomic mass is 10.00. The van der Waals surface area contributed by atoms with Crippen molar-refractivity contribution in [2.24, 2.45) is 0 Å². The summed E-state index contributed by atoms with van der Waals surface area (Å²) >= 11 is 0. The number of aromatic nitrogens is 2. The molecule has 1 amide bonds. The second-order valence-corrected chi connectivity index (χ2v) is 4.45. The molecule has 1 heterocycles. The summed E-state index contributed by atoms with van der Waals surface area (Å²) in [6, 6.07) is 3.82. The van der Waals surface area contributed by atoms with Gasteiger partial charge in [-0.2, -0.15) is 15.5 Å². The molecule has 0 radical (unpaired) electrons. The fraction of sp³-hybridized carbons (Fsp3) is 0.538. The van der Waals surface area contributed by atoms with Gasteiger partial charge in [-0.1, -0.05) is 13.8 Å². The van der Waals surface area contributed by atoms with E-state index in [2.05, 4.69) is 21.6 Å². The highest BCUT2D eigenvalue weighted by Gasteiger charge is 2.25. The Morgan fingerprint density at radius 3 is 2.67 bits per heavy atom. The minimum Gasteiger partial charge on any atom is -0.334 e. The summed E-state index contributed by atoms with van der Waals surface area (Å²) in [6.45, 7) is 7.27. The molecule has 0 aliphatic heterocycles. The second kappa shape index (κ2) is 5.58. The maximum Gasteiger partial charge on any atom is 0.254 e. The molecule has 0 aliphatic rings. The number of rotatable bonds is 4. The number of amides is 1. The van der Waals surface area contributed by atoms with E-state index in [-0.39, 0.29) is 5.91 Å². The molecule has 0 aromatic carbocycles. The third-order valence-corrected chi connectivity index (χ3v) is 2.92. The first kappa shape index (κ1) is 14.1. The molecule has 1 aromatic rings. The van der Waals surface area contributed by atoms with Gasteiger partial charge in [0.15, 0.2) is 0 Å². The Morgan fingerprint density at radius 2 is 2.17 bits per heavy atom. The van der Waals surface area contributed by atoms with E-state index in [4.69, 9.17) is 5.26 Å². The smallest absolute Gasteiger partial charge is 0.254 e. The molecule has 0 spiro atoms. The summed E-state index contributed by atoms with van der Waals surface area (Å²) in [7, 11) is 0. The fourth-order valence-electron chi connectivity index (χ4n) is 1.49. The van der Waals surface area contributed by atoms with Crippen LogP contribution in [0.25, 0.3) is 0 Å². The number of aryl methyl sites for hydroxylation is 2. The average Bonchev–Trinajstić information content (AvgIpc) is 2.38. The number of carbonyl (C=O) groups is 1. The van der Waals surface area contributed by atoms with E-state index in [1.54, 1.807) is 19.9 Å². The molecule has 0 fully saturated rings. The number of hydrogen-bond donors (Lipinski definition) is 1. The van der Waals surface area contributed by atoms with Crippen LogP contribution < -0.4 is 5.32 Å². The molecule has 0 saturated heterocycles. The van der Waals surface area contributed by atoms with E-state index < -0.39 is 5.54 Å². The predicted octanol–water partition coefficient (Wildman–Crippen LogP) is 1.77. The molecule has 0 saturated carbocycles. The van der Waals surface area contributed by atoms with Crippen LogP contribution in [0, 0.1) is 18.3 Å². The van der Waals surface area contributed by atoms with E-state index in [0.717, 1.165) is 0 Å². The predicted molar refractivity (Wildman–Crippen MR) is 67.9 cm³/mol. The lowest BCUT2D eigenvalue weighted by molar-refractivity contribution is 0.0921. The summed E-state index contributed by atoms with van der Waals surface area (Å²) in [5.74, 6) is -0.268. The van der Waals surface area contributed by atoms with Gasteiger partial charge in [0.05, 0.1) is 23.0 Å². The minimum absolute atomic E-state index is 0.268. The van der Waals surface area contributed by atoms with Gasteiger partial charge in [0.2, 0.25) is 0 Å². The molecule has 96 valence electrons. The van der Waals surface area contributed by atoms with Crippen LogP contribution in [0.15, 0.2) is 6.07 Å². The standard InChI is InChI=1S/C13H18N4O/c1-5-11-10(7-9(3)16-17-11)12(18)15-13(4,6-2)8-14/h7H,5-6H2,1-4H3,(H,15,18). The van der Waals surface area contributed by atoms with Crippen LogP contribution in [0.5, 0.6) is 0 Å². The highest BCUT2D eigenvalue weighted by Crippen LogP contribution is 2.12. The van der Waals surface area contributed by atoms with Crippen LogP contribution in [-0.2, 0) is 6.42 Å². The van der Waals surface area contributed by atoms with Gasteiger partial charge in [-0.15, -0.1) is 0 Å². The third kappa shape index (κ3) is 3.04. The zero-order valence-electron chi connectivity index (χ0n) is 11.2. The molecular formula is C13H18N4O. The molecule has 0 bridgehead atoms. The quantitative estimate of drug-likeness (QED) is 0.878. The topological polar surface area (TPSA) is 78.7 Å². The fourth-order valence-corrected chi connectivity index (χ4v) is 1.49. The van der Waals surface area contributed by atoms with E-state index in [0.29, 0.717) is 29.8 Å². The van der Waals surface area contributed by atoms with Crippen LogP contribution in [0.1, 0.15) is 48.9 Å². The highest BCUT2D eigenvalue weighted by molar-refractivity contribution is 5.96. The molecule has 1 N–H and O–H groups in total. The Hall–Kier alpha value is -1.96. The SMILES string of the molecule is CCc1nnc(C)cc1C(=O)NC(C)(C#N)CC. The molecular weight excluding hydrogens is 228 g/mol. The Labute approximate surface area is 107 Å². The Kier molecular flexibility index (Phi) is 4.38. The first-order chi connectivity index (χ1) is 8.45. The van der Waals surface area contributed by atoms with Crippen molar-refractivity contribution in [1.29, 1.82) is 5.26 Å². The normalized spacial score (nSPS) is 13.5. The maximum atomic E-state index is 12.2. The van der Waals surface area contributed by atoms with Crippen molar-refractivity contribution < 1.29 is 4.79 Å². The number of hydrogen-bond acceptors (Lipinski definition) is 4. The number of carbonyl (C=O) groups excluding carboxylic acids is 1. The largest absolute Gasteiger partial charge is 0.334 e. The van der Waals surface area contributed by atoms with Gasteiger partial charge in [0.25, 0.3) is 5.91 Å². The van der Waals surface area contributed by atoms with Crippen molar-refractivity contribution in [1.82, 2.24) is 15.5 Å². The number of nitriles is 1. The minimum atomic E-state index is -0.848. The summed E-state index contributed by atoms with van der Waals surface area (Å²) < 4.78 is 0. The molecule has 18 heavy (non-hydrogen) atoms. The zero-order chi connectivity index (χ0) is 13.8. The molecule has 1 atom stereocenters. The van der Waals surface area contributed by atoms with Crippen LogP contribution >= 0.6 is 0 Å². The first-order valence-corrected chi connectivity index (χ1v) is 6.02. The van der Waals surface area contributed by atoms with E-state index in [1.165, 1.54) is 0 Å². The zero-order valence-corrected chi connectivity index (χ0v) is 11.2. The van der Waals surface area contributed by atoms with Gasteiger partial charge in [0, 0.05) is 0 Å². The molecule has 5 heteroatoms. The van der Waals surface area contributed by atoms with E-state index in [9.17, 15) is 4.79 Å². The summed E-state index contributed by atoms with van der Waals surface area (Å²) in [5, 5.41) is 19.8. The Bertz CT molecular complexity index is 492. The van der Waals surface area contributed by atoms with Gasteiger partial charge >= 0.3 is 0 Å². The van der Waals surface area contributed by atoms with Crippen LogP contribution in [0.4, 0.5) is 0 Å². The highest BCUT2D eigenvalue weighted by atomic mass is 16.1. The van der Waals surface area contributed by atoms with Crippen LogP contribution in [-0.4, -0.2) is 21.6 Å². The summed E-state index contributed by atoms with van der Waals surface area (Å²) in [4.78, 5) is 12.2. The molecule has 1 unspecified atom stereocenters. The first-order valence-electron chi connectivity index (χ1n) is 6.02. The van der Waals surface area contributed by atoms with Gasteiger partial charge < -0.3 is 5.32 Å². The van der Waals surface area contributed by atoms with Crippen molar-refractivity contribution in [3.05, 3.63) is 23.0 Å². The molecule has 1 rings (SSSR count). The van der Waals surface area contributed by atoms with Crippen molar-refractivity contribution >= 4 is 5.91 Å². The maximum absolute atomic E-state index is 12.2. The Balaban J connectivity index is 3.05. The van der Waals surface area contributed by atoms with Crippen molar-refractivity contribution in [3.63, 3.8) is 0 Å². The van der Waals surface area contributed by atoms with Crippen LogP contribution in [0.3, 0.4) is 0 Å². The van der Waals surface area contributed by atoms with E-state index in [1.807, 2.05) is 13.8 Å². The number of nitrogens with zero attached hydrogens (tertiary/aromatic N) is 3. The third-order valence-electron chi connectivity index (χ3n) is 2.92. The van der Waals surface area contributed by atoms with Crippen molar-refractivity contribution in [2.75, 3.05) is 0 Å². The second-order valence-electron chi connectivity index (χ2n) is 4.45. The van der Waals surface area contributed by atoms with Crippen LogP contribution in [0.2, 0.25) is 0 Å². The summed E-state index contributed by atoms with van der Waals surface area (Å²) in [5.41, 5.74) is 0.987. The van der Waals surface area contributed by atoms with Crippen molar-refractivity contribution in [3.8, 4) is 6.07 Å². The Morgan fingerprint density at radius 1 is 1.50 bits per heavy atom. The van der Waals surface area contributed by atoms with Crippen molar-refractivity contribution in [2.45, 2.75) is 46.1 Å². The van der Waals surface area contributed by atoms with Gasteiger partial charge in [0.1, 0.15) is 5.54 Å².